The van der Waals surface area contributed by atoms with Gasteiger partial charge in [0.25, 0.3) is 5.89 Å². The van der Waals surface area contributed by atoms with E-state index in [0.29, 0.717) is 17.2 Å². The molecule has 0 N–H and O–H groups in total. The molecule has 0 aliphatic rings. The van der Waals surface area contributed by atoms with Gasteiger partial charge in [0.2, 0.25) is 11.7 Å². The van der Waals surface area contributed by atoms with Crippen LogP contribution < -0.4 is 0 Å². The molecule has 0 unspecified atom stereocenters. The third-order valence-electron chi connectivity index (χ3n) is 4.45. The standard InChI is InChI=1S/C22H13F2N3O2/c23-16-9-6-10-17(24)19(16)21-25-20(26-29-21)15-13-18(14-7-2-1-3-8-14)28-22(15)27-11-4-5-12-27/h1-13H. The second-order valence-corrected chi connectivity index (χ2v) is 6.31. The Hall–Kier alpha value is -4.00. The Morgan fingerprint density at radius 2 is 1.55 bits per heavy atom. The number of aromatic nitrogens is 3. The third-order valence-corrected chi connectivity index (χ3v) is 4.45. The minimum absolute atomic E-state index is 0.164. The van der Waals surface area contributed by atoms with Crippen molar-refractivity contribution in [3.8, 4) is 40.0 Å². The highest BCUT2D eigenvalue weighted by Gasteiger charge is 2.23. The molecule has 7 heteroatoms. The summed E-state index contributed by atoms with van der Waals surface area (Å²) < 4.78 is 41.2. The highest BCUT2D eigenvalue weighted by atomic mass is 19.1. The Bertz CT molecular complexity index is 1250. The van der Waals surface area contributed by atoms with Crippen LogP contribution in [0.1, 0.15) is 0 Å². The highest BCUT2D eigenvalue weighted by Crippen LogP contribution is 2.35. The van der Waals surface area contributed by atoms with Crippen LogP contribution in [-0.4, -0.2) is 14.7 Å². The molecule has 5 nitrogen and oxygen atoms in total. The van der Waals surface area contributed by atoms with Crippen LogP contribution in [0.2, 0.25) is 0 Å². The zero-order chi connectivity index (χ0) is 19.8. The summed E-state index contributed by atoms with van der Waals surface area (Å²) in [6.07, 6.45) is 3.63. The maximum Gasteiger partial charge on any atom is 0.264 e. The molecule has 0 amide bonds. The van der Waals surface area contributed by atoms with E-state index in [0.717, 1.165) is 17.7 Å². The maximum atomic E-state index is 14.1. The number of furan rings is 1. The summed E-state index contributed by atoms with van der Waals surface area (Å²) in [4.78, 5) is 4.22. The van der Waals surface area contributed by atoms with Crippen LogP contribution in [0, 0.1) is 11.6 Å². The first-order valence-corrected chi connectivity index (χ1v) is 8.82. The van der Waals surface area contributed by atoms with E-state index in [9.17, 15) is 8.78 Å². The first-order chi connectivity index (χ1) is 14.2. The molecule has 0 atom stereocenters. The lowest BCUT2D eigenvalue weighted by Gasteiger charge is -2.00. The monoisotopic (exact) mass is 389 g/mol. The van der Waals surface area contributed by atoms with Crippen molar-refractivity contribution >= 4 is 0 Å². The van der Waals surface area contributed by atoms with E-state index in [2.05, 4.69) is 10.1 Å². The number of halogens is 2. The van der Waals surface area contributed by atoms with Crippen molar-refractivity contribution in [1.29, 1.82) is 0 Å². The Kier molecular flexibility index (Phi) is 4.05. The van der Waals surface area contributed by atoms with Crippen LogP contribution in [0.4, 0.5) is 8.78 Å². The van der Waals surface area contributed by atoms with Gasteiger partial charge in [-0.15, -0.1) is 0 Å². The predicted molar refractivity (Wildman–Crippen MR) is 102 cm³/mol. The molecule has 0 saturated carbocycles. The molecule has 0 aliphatic carbocycles. The second kappa shape index (κ2) is 6.87. The first-order valence-electron chi connectivity index (χ1n) is 8.82. The lowest BCUT2D eigenvalue weighted by Crippen LogP contribution is -1.92. The SMILES string of the molecule is Fc1cccc(F)c1-c1nc(-c2cc(-c3ccccc3)oc2-n2cccc2)no1. The molecule has 0 radical (unpaired) electrons. The van der Waals surface area contributed by atoms with Crippen molar-refractivity contribution in [3.63, 3.8) is 0 Å². The van der Waals surface area contributed by atoms with Gasteiger partial charge in [0.05, 0.1) is 5.56 Å². The molecule has 142 valence electrons. The Morgan fingerprint density at radius 1 is 0.828 bits per heavy atom. The molecule has 3 heterocycles. The zero-order valence-electron chi connectivity index (χ0n) is 14.9. The second-order valence-electron chi connectivity index (χ2n) is 6.31. The van der Waals surface area contributed by atoms with Crippen molar-refractivity contribution in [2.45, 2.75) is 0 Å². The number of rotatable bonds is 4. The summed E-state index contributed by atoms with van der Waals surface area (Å²) in [7, 11) is 0. The minimum Gasteiger partial charge on any atom is -0.439 e. The Balaban J connectivity index is 1.65. The molecular formula is C22H13F2N3O2. The van der Waals surface area contributed by atoms with Gasteiger partial charge in [-0.2, -0.15) is 4.98 Å². The van der Waals surface area contributed by atoms with Gasteiger partial charge in [-0.05, 0) is 30.3 Å². The maximum absolute atomic E-state index is 14.1. The summed E-state index contributed by atoms with van der Waals surface area (Å²) in [5.41, 5.74) is 1.04. The van der Waals surface area contributed by atoms with Crippen LogP contribution in [-0.2, 0) is 0 Å². The number of benzene rings is 2. The van der Waals surface area contributed by atoms with Gasteiger partial charge in [0, 0.05) is 18.0 Å². The average molecular weight is 389 g/mol. The fourth-order valence-electron chi connectivity index (χ4n) is 3.08. The van der Waals surface area contributed by atoms with Crippen molar-refractivity contribution in [2.75, 3.05) is 0 Å². The molecule has 0 bridgehead atoms. The van der Waals surface area contributed by atoms with E-state index in [-0.39, 0.29) is 17.3 Å². The molecule has 0 spiro atoms. The van der Waals surface area contributed by atoms with Crippen LogP contribution in [0.25, 0.3) is 40.0 Å². The largest absolute Gasteiger partial charge is 0.439 e. The lowest BCUT2D eigenvalue weighted by atomic mass is 10.1. The van der Waals surface area contributed by atoms with Gasteiger partial charge in [-0.3, -0.25) is 4.57 Å². The molecule has 3 aromatic heterocycles. The molecule has 29 heavy (non-hydrogen) atoms. The Labute approximate surface area is 163 Å². The third kappa shape index (κ3) is 3.02. The van der Waals surface area contributed by atoms with Crippen molar-refractivity contribution in [3.05, 3.63) is 90.8 Å². The quantitative estimate of drug-likeness (QED) is 0.394. The van der Waals surface area contributed by atoms with Crippen LogP contribution in [0.15, 0.2) is 88.1 Å². The van der Waals surface area contributed by atoms with Gasteiger partial charge < -0.3 is 8.94 Å². The molecule has 5 rings (SSSR count). The van der Waals surface area contributed by atoms with Gasteiger partial charge in [-0.1, -0.05) is 41.6 Å². The molecule has 5 aromatic rings. The number of hydrogen-bond donors (Lipinski definition) is 0. The number of hydrogen-bond acceptors (Lipinski definition) is 4. The van der Waals surface area contributed by atoms with Crippen molar-refractivity contribution in [1.82, 2.24) is 14.7 Å². The minimum atomic E-state index is -0.775. The first kappa shape index (κ1) is 17.1. The molecule has 0 saturated heterocycles. The molecular weight excluding hydrogens is 376 g/mol. The van der Waals surface area contributed by atoms with Crippen LogP contribution in [0.5, 0.6) is 0 Å². The normalized spacial score (nSPS) is 11.1. The van der Waals surface area contributed by atoms with E-state index < -0.39 is 11.6 Å². The summed E-state index contributed by atoms with van der Waals surface area (Å²) in [6.45, 7) is 0. The van der Waals surface area contributed by atoms with Crippen molar-refractivity contribution < 1.29 is 17.7 Å². The molecule has 0 fully saturated rings. The Morgan fingerprint density at radius 3 is 2.28 bits per heavy atom. The number of nitrogens with zero attached hydrogens (tertiary/aromatic N) is 3. The van der Waals surface area contributed by atoms with E-state index in [4.69, 9.17) is 8.94 Å². The topological polar surface area (TPSA) is 57.0 Å². The van der Waals surface area contributed by atoms with Gasteiger partial charge in [-0.25, -0.2) is 8.78 Å². The van der Waals surface area contributed by atoms with Gasteiger partial charge in [0.15, 0.2) is 0 Å². The van der Waals surface area contributed by atoms with E-state index in [1.54, 1.807) is 10.6 Å². The van der Waals surface area contributed by atoms with Crippen LogP contribution >= 0.6 is 0 Å². The summed E-state index contributed by atoms with van der Waals surface area (Å²) in [5, 5.41) is 3.93. The fourth-order valence-corrected chi connectivity index (χ4v) is 3.08. The molecule has 2 aromatic carbocycles. The lowest BCUT2D eigenvalue weighted by molar-refractivity contribution is 0.426. The fraction of sp³-hybridized carbons (Fsp3) is 0. The van der Waals surface area contributed by atoms with Crippen molar-refractivity contribution in [2.24, 2.45) is 0 Å². The zero-order valence-corrected chi connectivity index (χ0v) is 14.9. The smallest absolute Gasteiger partial charge is 0.264 e. The highest BCUT2D eigenvalue weighted by molar-refractivity contribution is 5.73. The van der Waals surface area contributed by atoms with Crippen LogP contribution in [0.3, 0.4) is 0 Å². The average Bonchev–Trinajstić information content (AvgIpc) is 3.48. The van der Waals surface area contributed by atoms with Gasteiger partial charge >= 0.3 is 0 Å². The van der Waals surface area contributed by atoms with E-state index in [1.165, 1.54) is 6.07 Å². The summed E-state index contributed by atoms with van der Waals surface area (Å²) in [6, 6.07) is 18.6. The predicted octanol–water partition coefficient (Wildman–Crippen LogP) is 5.73. The van der Waals surface area contributed by atoms with E-state index in [1.807, 2.05) is 54.9 Å². The van der Waals surface area contributed by atoms with Gasteiger partial charge in [0.1, 0.15) is 23.0 Å². The van der Waals surface area contributed by atoms with E-state index >= 15 is 0 Å². The summed E-state index contributed by atoms with van der Waals surface area (Å²) >= 11 is 0. The summed E-state index contributed by atoms with van der Waals surface area (Å²) in [5.74, 6) is -0.553. The molecule has 0 aliphatic heterocycles.